The average Bonchev–Trinajstić information content (AvgIpc) is 1.53. The van der Waals surface area contributed by atoms with Crippen molar-refractivity contribution in [3.63, 3.8) is 0 Å². The van der Waals surface area contributed by atoms with Gasteiger partial charge in [0.2, 0.25) is 17.8 Å². The molecule has 0 saturated heterocycles. The molecule has 0 unspecified atom stereocenters. The minimum Gasteiger partial charge on any atom is -0.455 e. The second-order valence-electron chi connectivity index (χ2n) is 36.7. The van der Waals surface area contributed by atoms with Gasteiger partial charge in [-0.25, -0.2) is 29.9 Å². The van der Waals surface area contributed by atoms with E-state index < -0.39 is 0 Å². The van der Waals surface area contributed by atoms with Crippen molar-refractivity contribution in [1.82, 2.24) is 52.7 Å². The van der Waals surface area contributed by atoms with Gasteiger partial charge in [-0.1, -0.05) is 315 Å². The lowest BCUT2D eigenvalue weighted by Gasteiger charge is -2.13. The summed E-state index contributed by atoms with van der Waals surface area (Å²) in [6.07, 6.45) is 0. The molecule has 0 bridgehead atoms. The van der Waals surface area contributed by atoms with Crippen LogP contribution < -0.4 is 0 Å². The fourth-order valence-corrected chi connectivity index (χ4v) is 22.8. The molecule has 0 aliphatic heterocycles. The highest BCUT2D eigenvalue weighted by Gasteiger charge is 2.29. The molecule has 0 N–H and O–H groups in total. The molecule has 140 heavy (non-hydrogen) atoms. The molecule has 0 saturated carbocycles. The van der Waals surface area contributed by atoms with E-state index >= 15 is 0 Å². The summed E-state index contributed by atoms with van der Waals surface area (Å²) < 4.78 is 18.4. The molecule has 12 nitrogen and oxygen atoms in total. The van der Waals surface area contributed by atoms with Crippen molar-refractivity contribution in [3.05, 3.63) is 455 Å². The fourth-order valence-electron chi connectivity index (χ4n) is 22.8. The molecule has 0 aliphatic rings. The molecule has 0 spiro atoms. The maximum absolute atomic E-state index is 6.78. The normalized spacial score (nSPS) is 12.1. The summed E-state index contributed by atoms with van der Waals surface area (Å²) in [6, 6.07) is 164. The van der Waals surface area contributed by atoms with Gasteiger partial charge < -0.3 is 13.6 Å². The Labute approximate surface area is 799 Å². The smallest absolute Gasteiger partial charge is 0.235 e. The van der Waals surface area contributed by atoms with Crippen molar-refractivity contribution in [3.8, 4) is 107 Å². The van der Waals surface area contributed by atoms with Crippen LogP contribution in [-0.4, -0.2) is 52.7 Å². The second-order valence-corrected chi connectivity index (χ2v) is 36.7. The first-order valence-corrected chi connectivity index (χ1v) is 47.5. The quantitative estimate of drug-likeness (QED) is 0.120. The summed E-state index contributed by atoms with van der Waals surface area (Å²) in [6.45, 7) is 0. The number of nitrogens with zero attached hydrogens (tertiary/aromatic N) is 11. The molecule has 0 atom stereocenters. The Morgan fingerprint density at radius 3 is 1.05 bits per heavy atom. The zero-order valence-corrected chi connectivity index (χ0v) is 75.1. The predicted octanol–water partition coefficient (Wildman–Crippen LogP) is 32.9. The minimum atomic E-state index is 0.589. The van der Waals surface area contributed by atoms with E-state index in [0.717, 1.165) is 242 Å². The van der Waals surface area contributed by atoms with Crippen LogP contribution in [0, 0.1) is 0 Å². The summed E-state index contributed by atoms with van der Waals surface area (Å²) >= 11 is 0. The highest BCUT2D eigenvalue weighted by atomic mass is 16.3. The molecular weight excluding hydrogens is 1710 g/mol. The first kappa shape index (κ1) is 77.4. The maximum atomic E-state index is 6.78. The standard InChI is InChI=1S/C128H75N11O/c1-4-29-77(30-5-1)120-94-43-14-21-48-106(94)130-127(132-120)138-115-66-59-80(70-103(115)104-74-84(63-68-116(104)138)99-75-105-90-39-18-24-51-109(90)136(87-35-8-3-9-36-87)123(105)91-40-11-10-37-88(91)99)76-55-57-78(58-56-76)121-95-44-15-22-49-107(95)129-126(133-121)137-110-52-25-17-38-89(110)100-71-82(62-67-114(100)137)83-61-65-113-102(73-83)101-72-81(60-64-112(101)135(113)86-33-6-2-7-34-86)79-31-28-32-85(69-79)122-96-45-16-23-50-108(96)131-128(134-122)139-111-53-26-19-46-97(111)118-119-98-47-20-27-54-117(98)140-125(119)93-42-13-12-41-92(93)124(118)139/h1-75H. The third-order valence-electron chi connectivity index (χ3n) is 29.1. The van der Waals surface area contributed by atoms with Crippen LogP contribution >= 0.6 is 0 Å². The van der Waals surface area contributed by atoms with Gasteiger partial charge in [0.15, 0.2) is 0 Å². The molecule has 0 amide bonds. The Bertz CT molecular complexity index is 10500. The Morgan fingerprint density at radius 1 is 0.164 bits per heavy atom. The van der Waals surface area contributed by atoms with Crippen LogP contribution in [0.3, 0.4) is 0 Å². The Balaban J connectivity index is 0.523. The van der Waals surface area contributed by atoms with E-state index in [4.69, 9.17) is 34.3 Å². The summed E-state index contributed by atoms with van der Waals surface area (Å²) in [5, 5.41) is 20.9. The lowest BCUT2D eigenvalue weighted by Crippen LogP contribution is -2.04. The van der Waals surface area contributed by atoms with Crippen LogP contribution in [-0.2, 0) is 0 Å². The van der Waals surface area contributed by atoms with Gasteiger partial charge in [0, 0.05) is 125 Å². The summed E-state index contributed by atoms with van der Waals surface area (Å²) in [5.41, 5.74) is 31.5. The van der Waals surface area contributed by atoms with Crippen molar-refractivity contribution < 1.29 is 4.42 Å². The number of rotatable bonds is 12. The van der Waals surface area contributed by atoms with Crippen molar-refractivity contribution in [1.29, 1.82) is 0 Å². The van der Waals surface area contributed by atoms with Gasteiger partial charge in [0.25, 0.3) is 0 Å². The zero-order chi connectivity index (χ0) is 91.5. The molecule has 0 radical (unpaired) electrons. The molecule has 12 heteroatoms. The fraction of sp³-hybridized carbons (Fsp3) is 0. The monoisotopic (exact) mass is 1780 g/mol. The highest BCUT2D eigenvalue weighted by molar-refractivity contribution is 6.36. The third kappa shape index (κ3) is 11.6. The number of para-hydroxylation sites is 9. The van der Waals surface area contributed by atoms with Gasteiger partial charge >= 0.3 is 0 Å². The van der Waals surface area contributed by atoms with Crippen molar-refractivity contribution >= 4 is 185 Å². The minimum absolute atomic E-state index is 0.589. The zero-order valence-electron chi connectivity index (χ0n) is 75.1. The third-order valence-corrected chi connectivity index (χ3v) is 29.1. The average molecular weight is 1780 g/mol. The Hall–Kier alpha value is -19.0. The van der Waals surface area contributed by atoms with E-state index in [0.29, 0.717) is 17.8 Å². The predicted molar refractivity (Wildman–Crippen MR) is 578 cm³/mol. The van der Waals surface area contributed by atoms with Crippen LogP contribution in [0.15, 0.2) is 459 Å². The summed E-state index contributed by atoms with van der Waals surface area (Å²) in [4.78, 5) is 33.3. The SMILES string of the molecule is c1ccc(-c2nc(-n3c4ccc(-c5ccc(-c6nc(-n7c8ccccc8c8cc(-c9ccc%10c(c9)c9cc(-c%11cccc(-c%12nc(-n%13c%14ccccc%14c%14c%15c%16ccccc%16oc%15c%15ccccc%15c%14%13)nc%13ccccc%12%13)c%11)ccc9n%10-c9ccccc9)ccc87)nc7ccccc67)cc5)cc4c4cc(-c5cc6c7ccccc7n(-c7ccccc7)c6c6ccccc56)ccc43)nc3ccccc23)cc1. The number of benzene rings is 21. The first-order chi connectivity index (χ1) is 69.4. The number of furan rings is 1. The Kier molecular flexibility index (Phi) is 16.7. The highest BCUT2D eigenvalue weighted by Crippen LogP contribution is 2.50. The molecule has 21 aromatic carbocycles. The van der Waals surface area contributed by atoms with Crippen LogP contribution in [0.25, 0.3) is 293 Å². The number of aromatic nitrogens is 11. The van der Waals surface area contributed by atoms with Gasteiger partial charge in [0.1, 0.15) is 11.2 Å². The van der Waals surface area contributed by atoms with Crippen LogP contribution in [0.1, 0.15) is 0 Å². The summed E-state index contributed by atoms with van der Waals surface area (Å²) in [7, 11) is 0. The maximum Gasteiger partial charge on any atom is 0.235 e. The van der Waals surface area contributed by atoms with Gasteiger partial charge in [-0.2, -0.15) is 0 Å². The van der Waals surface area contributed by atoms with Crippen LogP contribution in [0.5, 0.6) is 0 Å². The molecule has 0 aliphatic carbocycles. The largest absolute Gasteiger partial charge is 0.455 e. The second kappa shape index (κ2) is 30.2. The van der Waals surface area contributed by atoms with E-state index in [-0.39, 0.29) is 0 Å². The van der Waals surface area contributed by atoms with Crippen molar-refractivity contribution in [2.75, 3.05) is 0 Å². The van der Waals surface area contributed by atoms with Crippen LogP contribution in [0.4, 0.5) is 0 Å². The number of hydrogen-bond donors (Lipinski definition) is 0. The van der Waals surface area contributed by atoms with Crippen LogP contribution in [0.2, 0.25) is 0 Å². The van der Waals surface area contributed by atoms with E-state index in [1.165, 1.54) is 32.6 Å². The first-order valence-electron chi connectivity index (χ1n) is 47.5. The summed E-state index contributed by atoms with van der Waals surface area (Å²) in [5.74, 6) is 1.79. The molecular formula is C128H75N11O. The number of fused-ring (bicyclic) bond motifs is 27. The van der Waals surface area contributed by atoms with Crippen molar-refractivity contribution in [2.24, 2.45) is 0 Å². The number of hydrogen-bond acceptors (Lipinski definition) is 7. The lowest BCUT2D eigenvalue weighted by molar-refractivity contribution is 0.673. The van der Waals surface area contributed by atoms with Gasteiger partial charge in [-0.15, -0.1) is 0 Å². The van der Waals surface area contributed by atoms with E-state index in [2.05, 4.69) is 472 Å². The molecule has 30 aromatic rings. The van der Waals surface area contributed by atoms with Gasteiger partial charge in [-0.3, -0.25) is 13.7 Å². The van der Waals surface area contributed by atoms with Gasteiger partial charge in [0.05, 0.1) is 88.8 Å². The van der Waals surface area contributed by atoms with E-state index in [1.54, 1.807) is 0 Å². The Morgan fingerprint density at radius 2 is 0.500 bits per heavy atom. The lowest BCUT2D eigenvalue weighted by atomic mass is 9.94. The molecule has 648 valence electrons. The molecule has 30 rings (SSSR count). The van der Waals surface area contributed by atoms with E-state index in [9.17, 15) is 0 Å². The van der Waals surface area contributed by atoms with E-state index in [1.807, 2.05) is 6.07 Å². The molecule has 9 heterocycles. The van der Waals surface area contributed by atoms with Crippen molar-refractivity contribution in [2.45, 2.75) is 0 Å². The molecule has 9 aromatic heterocycles. The van der Waals surface area contributed by atoms with Gasteiger partial charge in [-0.05, 0) is 189 Å². The topological polar surface area (TPSA) is 115 Å². The molecule has 0 fully saturated rings.